The molecule has 1 heteroatoms. The average Bonchev–Trinajstić information content (AvgIpc) is 3.69. The zero-order chi connectivity index (χ0) is 34.6. The standard InChI is InChI=1S/C51H34O/c1-51(2)43-29-26-34-24-27-41-36-14-10-11-19-45(36)52-50(41)48(34)49(43)42-28-25-35(30-44(42)51)47-39-17-8-6-15-37(39)46(38-16-7-9-18-40(38)47)33-22-20-32(21-23-33)31-12-4-3-5-13-31/h3-30H,1-2H3. The molecule has 1 aliphatic rings. The molecule has 0 bridgehead atoms. The van der Waals surface area contributed by atoms with Crippen LogP contribution >= 0.6 is 0 Å². The summed E-state index contributed by atoms with van der Waals surface area (Å²) in [5, 5.41) is 9.84. The highest BCUT2D eigenvalue weighted by molar-refractivity contribution is 6.23. The summed E-state index contributed by atoms with van der Waals surface area (Å²) >= 11 is 0. The van der Waals surface area contributed by atoms with E-state index in [0.29, 0.717) is 0 Å². The maximum absolute atomic E-state index is 6.64. The van der Waals surface area contributed by atoms with E-state index in [-0.39, 0.29) is 5.41 Å². The number of para-hydroxylation sites is 1. The predicted octanol–water partition coefficient (Wildman–Crippen LogP) is 14.4. The van der Waals surface area contributed by atoms with Gasteiger partial charge in [0.1, 0.15) is 11.2 Å². The molecule has 0 N–H and O–H groups in total. The Kier molecular flexibility index (Phi) is 6.08. The first-order chi connectivity index (χ1) is 25.6. The zero-order valence-electron chi connectivity index (χ0n) is 29.1. The molecule has 0 aliphatic heterocycles. The van der Waals surface area contributed by atoms with E-state index in [0.717, 1.165) is 11.2 Å². The van der Waals surface area contributed by atoms with Gasteiger partial charge in [-0.3, -0.25) is 0 Å². The molecule has 1 heterocycles. The summed E-state index contributed by atoms with van der Waals surface area (Å²) < 4.78 is 6.64. The number of hydrogen-bond donors (Lipinski definition) is 0. The SMILES string of the molecule is CC1(C)c2cc(-c3c4ccccc4c(-c4ccc(-c5ccccc5)cc4)c4ccccc34)ccc2-c2c1ccc1ccc3c4ccccc4oc3c21. The van der Waals surface area contributed by atoms with Gasteiger partial charge in [0.25, 0.3) is 0 Å². The van der Waals surface area contributed by atoms with Crippen LogP contribution in [0, 0.1) is 0 Å². The third-order valence-electron chi connectivity index (χ3n) is 11.7. The predicted molar refractivity (Wildman–Crippen MR) is 220 cm³/mol. The van der Waals surface area contributed by atoms with Crippen LogP contribution in [-0.2, 0) is 5.41 Å². The van der Waals surface area contributed by atoms with Gasteiger partial charge >= 0.3 is 0 Å². The van der Waals surface area contributed by atoms with Gasteiger partial charge < -0.3 is 4.42 Å². The lowest BCUT2D eigenvalue weighted by Crippen LogP contribution is -2.15. The molecular weight excluding hydrogens is 629 g/mol. The molecule has 0 unspecified atom stereocenters. The Morgan fingerprint density at radius 1 is 0.385 bits per heavy atom. The second kappa shape index (κ2) is 10.8. The fraction of sp³-hybridized carbons (Fsp3) is 0.0588. The Morgan fingerprint density at radius 2 is 0.923 bits per heavy atom. The smallest absolute Gasteiger partial charge is 0.143 e. The van der Waals surface area contributed by atoms with Crippen molar-refractivity contribution in [1.82, 2.24) is 0 Å². The molecule has 0 radical (unpaired) electrons. The number of hydrogen-bond acceptors (Lipinski definition) is 1. The molecule has 52 heavy (non-hydrogen) atoms. The summed E-state index contributed by atoms with van der Waals surface area (Å²) in [6, 6.07) is 62.3. The van der Waals surface area contributed by atoms with Gasteiger partial charge in [-0.1, -0.05) is 166 Å². The Hall–Kier alpha value is -6.44. The van der Waals surface area contributed by atoms with Gasteiger partial charge in [-0.05, 0) is 101 Å². The fourth-order valence-corrected chi connectivity index (χ4v) is 9.18. The molecule has 0 fully saturated rings. The second-order valence-corrected chi connectivity index (χ2v) is 14.8. The number of fused-ring (bicyclic) bond motifs is 11. The first-order valence-electron chi connectivity index (χ1n) is 18.2. The molecule has 0 saturated heterocycles. The van der Waals surface area contributed by atoms with Crippen molar-refractivity contribution >= 4 is 54.3 Å². The van der Waals surface area contributed by atoms with Crippen LogP contribution < -0.4 is 0 Å². The van der Waals surface area contributed by atoms with Gasteiger partial charge in [0.2, 0.25) is 0 Å². The van der Waals surface area contributed by atoms with Crippen LogP contribution in [0.2, 0.25) is 0 Å². The van der Waals surface area contributed by atoms with Gasteiger partial charge in [0.05, 0.1) is 0 Å². The number of furan rings is 1. The van der Waals surface area contributed by atoms with Crippen LogP contribution in [0.3, 0.4) is 0 Å². The molecule has 0 saturated carbocycles. The lowest BCUT2D eigenvalue weighted by Gasteiger charge is -2.23. The van der Waals surface area contributed by atoms with E-state index in [4.69, 9.17) is 4.42 Å². The molecule has 0 atom stereocenters. The normalized spacial score (nSPS) is 13.3. The Morgan fingerprint density at radius 3 is 1.62 bits per heavy atom. The summed E-state index contributed by atoms with van der Waals surface area (Å²) in [6.45, 7) is 4.76. The van der Waals surface area contributed by atoms with Crippen LogP contribution in [0.25, 0.3) is 98.8 Å². The molecule has 0 spiro atoms. The summed E-state index contributed by atoms with van der Waals surface area (Å²) in [5.41, 5.74) is 14.5. The van der Waals surface area contributed by atoms with Crippen LogP contribution in [0.15, 0.2) is 174 Å². The quantitative estimate of drug-likeness (QED) is 0.172. The van der Waals surface area contributed by atoms with Crippen molar-refractivity contribution < 1.29 is 4.42 Å². The Labute approximate surface area is 302 Å². The van der Waals surface area contributed by atoms with Crippen LogP contribution in [-0.4, -0.2) is 0 Å². The maximum atomic E-state index is 6.64. The number of benzene rings is 9. The molecule has 11 rings (SSSR count). The van der Waals surface area contributed by atoms with Crippen molar-refractivity contribution in [2.75, 3.05) is 0 Å². The van der Waals surface area contributed by atoms with Gasteiger partial charge in [0.15, 0.2) is 0 Å². The van der Waals surface area contributed by atoms with Crippen LogP contribution in [0.4, 0.5) is 0 Å². The average molecular weight is 663 g/mol. The van der Waals surface area contributed by atoms with Crippen molar-refractivity contribution in [3.8, 4) is 44.5 Å². The molecule has 1 aliphatic carbocycles. The molecule has 0 amide bonds. The third-order valence-corrected chi connectivity index (χ3v) is 11.7. The third kappa shape index (κ3) is 4.05. The van der Waals surface area contributed by atoms with Crippen molar-refractivity contribution in [2.24, 2.45) is 0 Å². The maximum Gasteiger partial charge on any atom is 0.143 e. The van der Waals surface area contributed by atoms with Gasteiger partial charge in [-0.2, -0.15) is 0 Å². The van der Waals surface area contributed by atoms with Gasteiger partial charge in [-0.15, -0.1) is 0 Å². The molecule has 1 nitrogen and oxygen atoms in total. The summed E-state index contributed by atoms with van der Waals surface area (Å²) in [7, 11) is 0. The van der Waals surface area contributed by atoms with E-state index in [9.17, 15) is 0 Å². The minimum atomic E-state index is -0.185. The Bertz CT molecular complexity index is 3010. The molecule has 244 valence electrons. The minimum absolute atomic E-state index is 0.185. The summed E-state index contributed by atoms with van der Waals surface area (Å²) in [6.07, 6.45) is 0. The monoisotopic (exact) mass is 662 g/mol. The van der Waals surface area contributed by atoms with E-state index in [2.05, 4.69) is 184 Å². The first-order valence-corrected chi connectivity index (χ1v) is 18.2. The van der Waals surface area contributed by atoms with Gasteiger partial charge in [-0.25, -0.2) is 0 Å². The highest BCUT2D eigenvalue weighted by Crippen LogP contribution is 2.54. The van der Waals surface area contributed by atoms with E-state index in [1.807, 2.05) is 0 Å². The highest BCUT2D eigenvalue weighted by atomic mass is 16.3. The van der Waals surface area contributed by atoms with Crippen molar-refractivity contribution in [3.05, 3.63) is 181 Å². The Balaban J connectivity index is 1.14. The minimum Gasteiger partial charge on any atom is -0.455 e. The molecule has 10 aromatic rings. The van der Waals surface area contributed by atoms with E-state index < -0.39 is 0 Å². The van der Waals surface area contributed by atoms with E-state index in [1.54, 1.807) is 0 Å². The summed E-state index contributed by atoms with van der Waals surface area (Å²) in [4.78, 5) is 0. The molecule has 1 aromatic heterocycles. The topological polar surface area (TPSA) is 13.1 Å². The molecule has 9 aromatic carbocycles. The molecular formula is C51H34O. The van der Waals surface area contributed by atoms with Crippen molar-refractivity contribution in [1.29, 1.82) is 0 Å². The van der Waals surface area contributed by atoms with E-state index in [1.165, 1.54) is 98.7 Å². The van der Waals surface area contributed by atoms with E-state index >= 15 is 0 Å². The number of rotatable bonds is 3. The second-order valence-electron chi connectivity index (χ2n) is 14.8. The largest absolute Gasteiger partial charge is 0.455 e. The zero-order valence-corrected chi connectivity index (χ0v) is 29.1. The van der Waals surface area contributed by atoms with Gasteiger partial charge in [0, 0.05) is 21.6 Å². The van der Waals surface area contributed by atoms with Crippen LogP contribution in [0.1, 0.15) is 25.0 Å². The lowest BCUT2D eigenvalue weighted by molar-refractivity contribution is 0.660. The first kappa shape index (κ1) is 29.3. The fourth-order valence-electron chi connectivity index (χ4n) is 9.18. The highest BCUT2D eigenvalue weighted by Gasteiger charge is 2.37. The van der Waals surface area contributed by atoms with Crippen LogP contribution in [0.5, 0.6) is 0 Å². The lowest BCUT2D eigenvalue weighted by atomic mass is 9.80. The summed E-state index contributed by atoms with van der Waals surface area (Å²) in [5.74, 6) is 0. The van der Waals surface area contributed by atoms with Crippen molar-refractivity contribution in [2.45, 2.75) is 19.3 Å². The van der Waals surface area contributed by atoms with Crippen molar-refractivity contribution in [3.63, 3.8) is 0 Å².